The molecule has 6 nitrogen and oxygen atoms in total. The van der Waals surface area contributed by atoms with Crippen LogP contribution in [0, 0.1) is 15.9 Å². The van der Waals surface area contributed by atoms with Gasteiger partial charge < -0.3 is 15.5 Å². The van der Waals surface area contributed by atoms with Crippen molar-refractivity contribution in [3.05, 3.63) is 39.7 Å². The molecule has 0 spiro atoms. The zero-order chi connectivity index (χ0) is 13.8. The van der Waals surface area contributed by atoms with Crippen molar-refractivity contribution < 1.29 is 19.5 Å². The Kier molecular flexibility index (Phi) is 4.71. The summed E-state index contributed by atoms with van der Waals surface area (Å²) in [6, 6.07) is 3.18. The molecule has 0 amide bonds. The molecule has 0 aliphatic rings. The first-order chi connectivity index (χ1) is 8.35. The molecule has 0 heterocycles. The number of benzene rings is 1. The summed E-state index contributed by atoms with van der Waals surface area (Å²) in [6.45, 7) is 1.05. The SMILES string of the molecule is CC(O)(CO)CNCc1cc(F)ccc1[N+](=O)[O-]. The quantitative estimate of drug-likeness (QED) is 0.512. The summed E-state index contributed by atoms with van der Waals surface area (Å²) < 4.78 is 13.0. The van der Waals surface area contributed by atoms with Crippen LogP contribution >= 0.6 is 0 Å². The lowest BCUT2D eigenvalue weighted by Crippen LogP contribution is -2.40. The maximum absolute atomic E-state index is 13.0. The third-order valence-electron chi connectivity index (χ3n) is 2.40. The zero-order valence-corrected chi connectivity index (χ0v) is 9.89. The third-order valence-corrected chi connectivity index (χ3v) is 2.40. The van der Waals surface area contributed by atoms with E-state index in [9.17, 15) is 19.6 Å². The standard InChI is InChI=1S/C11H15FN2O4/c1-11(16,7-15)6-13-5-8-4-9(12)2-3-10(8)14(17)18/h2-4,13,15-16H,5-7H2,1H3. The number of nitro groups is 1. The summed E-state index contributed by atoms with van der Waals surface area (Å²) >= 11 is 0. The second-order valence-corrected chi connectivity index (χ2v) is 4.29. The fraction of sp³-hybridized carbons (Fsp3) is 0.455. The second kappa shape index (κ2) is 5.85. The Hall–Kier alpha value is -1.57. The lowest BCUT2D eigenvalue weighted by molar-refractivity contribution is -0.385. The molecular weight excluding hydrogens is 243 g/mol. The summed E-state index contributed by atoms with van der Waals surface area (Å²) in [6.07, 6.45) is 0. The van der Waals surface area contributed by atoms with Crippen LogP contribution in [0.5, 0.6) is 0 Å². The first-order valence-electron chi connectivity index (χ1n) is 5.32. The van der Waals surface area contributed by atoms with E-state index in [1.54, 1.807) is 0 Å². The molecule has 0 bridgehead atoms. The molecule has 0 saturated carbocycles. The number of rotatable bonds is 6. The molecular formula is C11H15FN2O4. The van der Waals surface area contributed by atoms with Gasteiger partial charge in [0.1, 0.15) is 5.82 Å². The van der Waals surface area contributed by atoms with Crippen molar-refractivity contribution in [1.82, 2.24) is 5.32 Å². The summed E-state index contributed by atoms with van der Waals surface area (Å²) in [4.78, 5) is 10.1. The molecule has 1 atom stereocenters. The van der Waals surface area contributed by atoms with Crippen molar-refractivity contribution in [2.45, 2.75) is 19.1 Å². The molecule has 0 radical (unpaired) electrons. The third kappa shape index (κ3) is 4.02. The monoisotopic (exact) mass is 258 g/mol. The molecule has 1 aromatic rings. The van der Waals surface area contributed by atoms with Crippen LogP contribution in [-0.2, 0) is 6.54 Å². The highest BCUT2D eigenvalue weighted by Gasteiger charge is 2.19. The number of hydrogen-bond acceptors (Lipinski definition) is 5. The molecule has 0 aliphatic heterocycles. The fourth-order valence-electron chi connectivity index (χ4n) is 1.40. The van der Waals surface area contributed by atoms with E-state index < -0.39 is 22.9 Å². The van der Waals surface area contributed by atoms with Crippen molar-refractivity contribution in [2.75, 3.05) is 13.2 Å². The van der Waals surface area contributed by atoms with Gasteiger partial charge in [-0.1, -0.05) is 0 Å². The number of nitrogens with zero attached hydrogens (tertiary/aromatic N) is 1. The molecule has 1 aromatic carbocycles. The maximum atomic E-state index is 13.0. The van der Waals surface area contributed by atoms with Gasteiger partial charge in [0.05, 0.1) is 17.1 Å². The van der Waals surface area contributed by atoms with E-state index in [1.165, 1.54) is 6.92 Å². The minimum absolute atomic E-state index is 0.0320. The minimum Gasteiger partial charge on any atom is -0.393 e. The van der Waals surface area contributed by atoms with E-state index in [0.29, 0.717) is 0 Å². The van der Waals surface area contributed by atoms with Crippen molar-refractivity contribution in [1.29, 1.82) is 0 Å². The number of halogens is 1. The Balaban J connectivity index is 2.72. The summed E-state index contributed by atoms with van der Waals surface area (Å²) in [5.74, 6) is -0.564. The lowest BCUT2D eigenvalue weighted by atomic mass is 10.1. The molecule has 3 N–H and O–H groups in total. The Morgan fingerprint density at radius 3 is 2.78 bits per heavy atom. The van der Waals surface area contributed by atoms with Crippen LogP contribution in [0.4, 0.5) is 10.1 Å². The van der Waals surface area contributed by atoms with Gasteiger partial charge in [-0.15, -0.1) is 0 Å². The predicted molar refractivity (Wildman–Crippen MR) is 62.5 cm³/mol. The lowest BCUT2D eigenvalue weighted by Gasteiger charge is -2.20. The average Bonchev–Trinajstić information content (AvgIpc) is 2.28. The van der Waals surface area contributed by atoms with E-state index in [4.69, 9.17) is 5.11 Å². The Morgan fingerprint density at radius 2 is 2.22 bits per heavy atom. The van der Waals surface area contributed by atoms with Crippen molar-refractivity contribution >= 4 is 5.69 Å². The number of nitro benzene ring substituents is 1. The summed E-state index contributed by atoms with van der Waals surface area (Å²) in [5, 5.41) is 31.8. The van der Waals surface area contributed by atoms with Crippen LogP contribution in [0.1, 0.15) is 12.5 Å². The zero-order valence-electron chi connectivity index (χ0n) is 9.89. The highest BCUT2D eigenvalue weighted by molar-refractivity contribution is 5.40. The number of aliphatic hydroxyl groups excluding tert-OH is 1. The van der Waals surface area contributed by atoms with Gasteiger partial charge in [-0.05, 0) is 19.1 Å². The van der Waals surface area contributed by atoms with Crippen LogP contribution in [0.3, 0.4) is 0 Å². The van der Waals surface area contributed by atoms with Gasteiger partial charge in [0.15, 0.2) is 0 Å². The molecule has 1 rings (SSSR count). The molecule has 0 aliphatic carbocycles. The number of nitrogens with one attached hydrogen (secondary N) is 1. The number of aliphatic hydroxyl groups is 2. The van der Waals surface area contributed by atoms with Crippen LogP contribution in [-0.4, -0.2) is 33.9 Å². The maximum Gasteiger partial charge on any atom is 0.274 e. The van der Waals surface area contributed by atoms with E-state index in [2.05, 4.69) is 5.32 Å². The fourth-order valence-corrected chi connectivity index (χ4v) is 1.40. The topological polar surface area (TPSA) is 95.6 Å². The van der Waals surface area contributed by atoms with Gasteiger partial charge >= 0.3 is 0 Å². The number of hydrogen-bond donors (Lipinski definition) is 3. The van der Waals surface area contributed by atoms with E-state index >= 15 is 0 Å². The van der Waals surface area contributed by atoms with E-state index in [1.807, 2.05) is 0 Å². The smallest absolute Gasteiger partial charge is 0.274 e. The minimum atomic E-state index is -1.32. The largest absolute Gasteiger partial charge is 0.393 e. The molecule has 0 fully saturated rings. The molecule has 18 heavy (non-hydrogen) atoms. The highest BCUT2D eigenvalue weighted by Crippen LogP contribution is 2.19. The average molecular weight is 258 g/mol. The van der Waals surface area contributed by atoms with Crippen LogP contribution in [0.15, 0.2) is 18.2 Å². The Morgan fingerprint density at radius 1 is 1.56 bits per heavy atom. The first kappa shape index (κ1) is 14.5. The summed E-state index contributed by atoms with van der Waals surface area (Å²) in [5.41, 5.74) is -1.32. The van der Waals surface area contributed by atoms with Crippen molar-refractivity contribution in [3.8, 4) is 0 Å². The van der Waals surface area contributed by atoms with E-state index in [0.717, 1.165) is 18.2 Å². The van der Waals surface area contributed by atoms with Gasteiger partial charge in [-0.2, -0.15) is 0 Å². The van der Waals surface area contributed by atoms with E-state index in [-0.39, 0.29) is 24.3 Å². The van der Waals surface area contributed by atoms with Crippen LogP contribution < -0.4 is 5.32 Å². The predicted octanol–water partition coefficient (Wildman–Crippen LogP) is 0.567. The highest BCUT2D eigenvalue weighted by atomic mass is 19.1. The molecule has 1 unspecified atom stereocenters. The van der Waals surface area contributed by atoms with Crippen molar-refractivity contribution in [2.24, 2.45) is 0 Å². The van der Waals surface area contributed by atoms with Gasteiger partial charge in [-0.3, -0.25) is 10.1 Å². The second-order valence-electron chi connectivity index (χ2n) is 4.29. The van der Waals surface area contributed by atoms with Gasteiger partial charge in [-0.25, -0.2) is 4.39 Å². The van der Waals surface area contributed by atoms with Gasteiger partial charge in [0.2, 0.25) is 0 Å². The Bertz CT molecular complexity index is 437. The van der Waals surface area contributed by atoms with Crippen molar-refractivity contribution in [3.63, 3.8) is 0 Å². The molecule has 7 heteroatoms. The van der Waals surface area contributed by atoms with Gasteiger partial charge in [0, 0.05) is 24.7 Å². The Labute approximate surface area is 103 Å². The summed E-state index contributed by atoms with van der Waals surface area (Å²) in [7, 11) is 0. The molecule has 0 aromatic heterocycles. The van der Waals surface area contributed by atoms with Gasteiger partial charge in [0.25, 0.3) is 5.69 Å². The normalized spacial score (nSPS) is 14.2. The first-order valence-corrected chi connectivity index (χ1v) is 5.32. The molecule has 100 valence electrons. The van der Waals surface area contributed by atoms with Crippen LogP contribution in [0.25, 0.3) is 0 Å². The molecule has 0 saturated heterocycles. The van der Waals surface area contributed by atoms with Crippen LogP contribution in [0.2, 0.25) is 0 Å².